The monoisotopic (exact) mass is 680 g/mol. The third kappa shape index (κ3) is 8.09. The molecule has 3 N–H and O–H groups in total. The number of hydrogen-bond acceptors (Lipinski definition) is 8. The standard InChI is InChI=1S/C40H44N2O8/c1-6-48-31-14-10-8-12-28(31)41-38(44)36-30(43)23-40(4,46)37(39(45)42-29-13-9-11-15-32(29)49-7-2)35(36)27-20-21-33(34(22-27)47-5)50-24-26-18-16-25(3)17-19-26/h8-22,35-37,46H,6-7,23-24H2,1-5H3,(H,41,44)(H,42,45). The first kappa shape index (κ1) is 35.9. The molecule has 0 aliphatic heterocycles. The number of benzene rings is 4. The summed E-state index contributed by atoms with van der Waals surface area (Å²) in [5, 5.41) is 17.6. The Balaban J connectivity index is 1.57. The third-order valence-corrected chi connectivity index (χ3v) is 8.81. The van der Waals surface area contributed by atoms with Gasteiger partial charge in [-0.3, -0.25) is 14.4 Å². The van der Waals surface area contributed by atoms with Gasteiger partial charge in [-0.25, -0.2) is 0 Å². The molecule has 1 fully saturated rings. The third-order valence-electron chi connectivity index (χ3n) is 8.81. The zero-order valence-corrected chi connectivity index (χ0v) is 29.0. The van der Waals surface area contributed by atoms with Crippen molar-refractivity contribution in [2.75, 3.05) is 31.0 Å². The molecule has 0 bridgehead atoms. The van der Waals surface area contributed by atoms with Gasteiger partial charge in [0.05, 0.1) is 43.2 Å². The summed E-state index contributed by atoms with van der Waals surface area (Å²) in [5.41, 5.74) is 1.49. The minimum Gasteiger partial charge on any atom is -0.493 e. The Morgan fingerprint density at radius 2 is 1.36 bits per heavy atom. The van der Waals surface area contributed by atoms with E-state index in [-0.39, 0.29) is 6.61 Å². The van der Waals surface area contributed by atoms with Crippen molar-refractivity contribution in [2.45, 2.75) is 52.2 Å². The molecular weight excluding hydrogens is 636 g/mol. The summed E-state index contributed by atoms with van der Waals surface area (Å²) in [4.78, 5) is 42.5. The van der Waals surface area contributed by atoms with E-state index in [1.165, 1.54) is 14.0 Å². The Morgan fingerprint density at radius 1 is 0.780 bits per heavy atom. The number of anilines is 2. The average Bonchev–Trinajstić information content (AvgIpc) is 3.09. The number of nitrogens with one attached hydrogen (secondary N) is 2. The predicted molar refractivity (Wildman–Crippen MR) is 191 cm³/mol. The fourth-order valence-corrected chi connectivity index (χ4v) is 6.47. The van der Waals surface area contributed by atoms with Crippen molar-refractivity contribution in [1.82, 2.24) is 0 Å². The molecule has 2 amide bonds. The highest BCUT2D eigenvalue weighted by atomic mass is 16.5. The molecule has 1 aliphatic carbocycles. The number of ketones is 1. The maximum Gasteiger partial charge on any atom is 0.235 e. The summed E-state index contributed by atoms with van der Waals surface area (Å²) in [5.74, 6) is -3.77. The van der Waals surface area contributed by atoms with Crippen molar-refractivity contribution >= 4 is 29.0 Å². The van der Waals surface area contributed by atoms with Crippen LogP contribution in [0, 0.1) is 18.8 Å². The van der Waals surface area contributed by atoms with Crippen LogP contribution in [0.5, 0.6) is 23.0 Å². The Morgan fingerprint density at radius 3 is 1.94 bits per heavy atom. The molecule has 1 saturated carbocycles. The maximum absolute atomic E-state index is 14.4. The van der Waals surface area contributed by atoms with E-state index in [1.54, 1.807) is 66.7 Å². The molecule has 4 unspecified atom stereocenters. The van der Waals surface area contributed by atoms with E-state index >= 15 is 0 Å². The van der Waals surface area contributed by atoms with Crippen LogP contribution in [-0.2, 0) is 21.0 Å². The molecule has 0 aromatic heterocycles. The van der Waals surface area contributed by atoms with Crippen LogP contribution in [0.25, 0.3) is 0 Å². The second kappa shape index (κ2) is 15.9. The number of carbonyl (C=O) groups excluding carboxylic acids is 3. The van der Waals surface area contributed by atoms with Crippen LogP contribution in [-0.4, -0.2) is 48.6 Å². The normalized spacial score (nSPS) is 20.0. The summed E-state index contributed by atoms with van der Waals surface area (Å²) < 4.78 is 23.3. The second-order valence-electron chi connectivity index (χ2n) is 12.5. The van der Waals surface area contributed by atoms with Gasteiger partial charge in [0.1, 0.15) is 29.8 Å². The van der Waals surface area contributed by atoms with Crippen molar-refractivity contribution in [3.8, 4) is 23.0 Å². The van der Waals surface area contributed by atoms with E-state index in [9.17, 15) is 19.5 Å². The number of amides is 2. The lowest BCUT2D eigenvalue weighted by molar-refractivity contribution is -0.150. The zero-order chi connectivity index (χ0) is 35.8. The average molecular weight is 681 g/mol. The number of Topliss-reactive ketones (excluding diaryl/α,β-unsaturated/α-hetero) is 1. The van der Waals surface area contributed by atoms with Crippen LogP contribution in [0.2, 0.25) is 0 Å². The van der Waals surface area contributed by atoms with Crippen molar-refractivity contribution in [2.24, 2.45) is 11.8 Å². The number of rotatable bonds is 13. The minimum absolute atomic E-state index is 0.279. The van der Waals surface area contributed by atoms with Gasteiger partial charge >= 0.3 is 0 Å². The topological polar surface area (TPSA) is 132 Å². The number of methoxy groups -OCH3 is 1. The first-order valence-electron chi connectivity index (χ1n) is 16.7. The molecule has 1 aliphatic rings. The van der Waals surface area contributed by atoms with E-state index in [1.807, 2.05) is 45.0 Å². The van der Waals surface area contributed by atoms with Crippen LogP contribution in [0.1, 0.15) is 49.8 Å². The Kier molecular flexibility index (Phi) is 11.4. The van der Waals surface area contributed by atoms with Gasteiger partial charge in [-0.2, -0.15) is 0 Å². The molecule has 4 aromatic rings. The highest BCUT2D eigenvalue weighted by molar-refractivity contribution is 6.11. The van der Waals surface area contributed by atoms with Crippen molar-refractivity contribution in [3.63, 3.8) is 0 Å². The highest BCUT2D eigenvalue weighted by Crippen LogP contribution is 2.48. The van der Waals surface area contributed by atoms with Gasteiger partial charge in [0.15, 0.2) is 11.5 Å². The van der Waals surface area contributed by atoms with E-state index in [0.29, 0.717) is 53.2 Å². The number of hydrogen-bond donors (Lipinski definition) is 3. The number of ether oxygens (including phenoxy) is 4. The van der Waals surface area contributed by atoms with Crippen LogP contribution in [0.15, 0.2) is 91.0 Å². The summed E-state index contributed by atoms with van der Waals surface area (Å²) >= 11 is 0. The largest absolute Gasteiger partial charge is 0.493 e. The first-order valence-corrected chi connectivity index (χ1v) is 16.7. The molecule has 10 nitrogen and oxygen atoms in total. The lowest BCUT2D eigenvalue weighted by Crippen LogP contribution is -2.56. The fourth-order valence-electron chi connectivity index (χ4n) is 6.47. The molecule has 0 radical (unpaired) electrons. The second-order valence-corrected chi connectivity index (χ2v) is 12.5. The molecule has 262 valence electrons. The fraction of sp³-hybridized carbons (Fsp3) is 0.325. The smallest absolute Gasteiger partial charge is 0.235 e. The van der Waals surface area contributed by atoms with Crippen molar-refractivity contribution in [1.29, 1.82) is 0 Å². The molecule has 4 aromatic carbocycles. The number of aliphatic hydroxyl groups is 1. The highest BCUT2D eigenvalue weighted by Gasteiger charge is 2.56. The van der Waals surface area contributed by atoms with Crippen molar-refractivity contribution in [3.05, 3.63) is 108 Å². The van der Waals surface area contributed by atoms with Gasteiger partial charge < -0.3 is 34.7 Å². The van der Waals surface area contributed by atoms with Crippen LogP contribution >= 0.6 is 0 Å². The Hall–Kier alpha value is -5.35. The molecule has 10 heteroatoms. The predicted octanol–water partition coefficient (Wildman–Crippen LogP) is 6.70. The Bertz CT molecular complexity index is 1820. The Labute approximate surface area is 292 Å². The molecular formula is C40H44N2O8. The lowest BCUT2D eigenvalue weighted by atomic mass is 9.61. The number of carbonyl (C=O) groups is 3. The summed E-state index contributed by atoms with van der Waals surface area (Å²) in [6.45, 7) is 8.14. The quantitative estimate of drug-likeness (QED) is 0.133. The first-order chi connectivity index (χ1) is 24.1. The van der Waals surface area contributed by atoms with E-state index in [2.05, 4.69) is 10.6 Å². The number of para-hydroxylation sites is 4. The van der Waals surface area contributed by atoms with Gasteiger partial charge in [0.2, 0.25) is 11.8 Å². The van der Waals surface area contributed by atoms with Crippen LogP contribution in [0.4, 0.5) is 11.4 Å². The van der Waals surface area contributed by atoms with Gasteiger partial charge in [-0.05, 0) is 75.2 Å². The molecule has 0 saturated heterocycles. The SMILES string of the molecule is CCOc1ccccc1NC(=O)C1C(=O)CC(C)(O)C(C(=O)Nc2ccccc2OCC)C1c1ccc(OCc2ccc(C)cc2)c(OC)c1. The minimum atomic E-state index is -1.82. The lowest BCUT2D eigenvalue weighted by Gasteiger charge is -2.44. The van der Waals surface area contributed by atoms with Gasteiger partial charge in [0, 0.05) is 12.3 Å². The molecule has 5 rings (SSSR count). The molecule has 50 heavy (non-hydrogen) atoms. The van der Waals surface area contributed by atoms with E-state index in [0.717, 1.165) is 11.1 Å². The summed E-state index contributed by atoms with van der Waals surface area (Å²) in [6, 6.07) is 26.9. The molecule has 4 atom stereocenters. The summed E-state index contributed by atoms with van der Waals surface area (Å²) in [6.07, 6.45) is -0.422. The summed E-state index contributed by atoms with van der Waals surface area (Å²) in [7, 11) is 1.49. The van der Waals surface area contributed by atoms with Gasteiger partial charge in [0.25, 0.3) is 0 Å². The van der Waals surface area contributed by atoms with Gasteiger partial charge in [-0.15, -0.1) is 0 Å². The van der Waals surface area contributed by atoms with E-state index < -0.39 is 47.4 Å². The van der Waals surface area contributed by atoms with Gasteiger partial charge in [-0.1, -0.05) is 60.2 Å². The molecule has 0 heterocycles. The maximum atomic E-state index is 14.4. The zero-order valence-electron chi connectivity index (χ0n) is 29.0. The van der Waals surface area contributed by atoms with Crippen LogP contribution < -0.4 is 29.6 Å². The van der Waals surface area contributed by atoms with Crippen LogP contribution in [0.3, 0.4) is 0 Å². The number of aryl methyl sites for hydroxylation is 1. The van der Waals surface area contributed by atoms with E-state index in [4.69, 9.17) is 18.9 Å². The van der Waals surface area contributed by atoms with Crippen molar-refractivity contribution < 1.29 is 38.4 Å². The molecule has 0 spiro atoms.